The van der Waals surface area contributed by atoms with Gasteiger partial charge >= 0.3 is 5.69 Å². The molecule has 110 valence electrons. The molecule has 2 rings (SSSR count). The number of H-pyrrole nitrogens is 1. The molecule has 1 aromatic carbocycles. The zero-order chi connectivity index (χ0) is 15.6. The zero-order valence-electron chi connectivity index (χ0n) is 11.2. The smallest absolute Gasteiger partial charge is 0.293 e. The maximum absolute atomic E-state index is 12.2. The average molecular weight is 327 g/mol. The molecule has 0 amide bonds. The Morgan fingerprint density at radius 2 is 1.95 bits per heavy atom. The fourth-order valence-electron chi connectivity index (χ4n) is 1.84. The fraction of sp³-hybridized carbons (Fsp3) is 0.214. The van der Waals surface area contributed by atoms with E-state index in [4.69, 9.17) is 23.2 Å². The number of nitrogens with zero attached hydrogens (tertiary/aromatic N) is 1. The number of Topliss-reactive ketones (excluding diaryl/α,β-unsaturated/α-hetero) is 1. The van der Waals surface area contributed by atoms with E-state index in [1.165, 1.54) is 29.0 Å². The van der Waals surface area contributed by atoms with Gasteiger partial charge in [0.25, 0.3) is 5.56 Å². The highest BCUT2D eigenvalue weighted by atomic mass is 35.5. The molecule has 0 spiro atoms. The second kappa shape index (κ2) is 6.28. The maximum Gasteiger partial charge on any atom is 0.328 e. The first-order valence-corrected chi connectivity index (χ1v) is 6.99. The number of carbonyl (C=O) groups is 1. The summed E-state index contributed by atoms with van der Waals surface area (Å²) < 4.78 is 1.17. The minimum absolute atomic E-state index is 0.180. The Balaban J connectivity index is 2.33. The molecule has 2 aromatic rings. The SMILES string of the molecule is CCc1cn(CC(=O)c2ccc(Cl)c(Cl)c2)c(=O)[nH]c1=O. The summed E-state index contributed by atoms with van der Waals surface area (Å²) in [4.78, 5) is 37.5. The number of nitrogens with one attached hydrogen (secondary N) is 1. The van der Waals surface area contributed by atoms with Gasteiger partial charge in [0, 0.05) is 17.3 Å². The van der Waals surface area contributed by atoms with Crippen LogP contribution in [0.5, 0.6) is 0 Å². The third-order valence-electron chi connectivity index (χ3n) is 3.02. The molecule has 7 heteroatoms. The highest BCUT2D eigenvalue weighted by Gasteiger charge is 2.11. The number of aryl methyl sites for hydroxylation is 1. The summed E-state index contributed by atoms with van der Waals surface area (Å²) in [6, 6.07) is 4.50. The fourth-order valence-corrected chi connectivity index (χ4v) is 2.14. The molecule has 1 heterocycles. The number of hydrogen-bond donors (Lipinski definition) is 1. The minimum Gasteiger partial charge on any atom is -0.293 e. The van der Waals surface area contributed by atoms with Gasteiger partial charge in [0.2, 0.25) is 0 Å². The van der Waals surface area contributed by atoms with Crippen LogP contribution in [0, 0.1) is 0 Å². The lowest BCUT2D eigenvalue weighted by Crippen LogP contribution is -2.33. The quantitative estimate of drug-likeness (QED) is 0.876. The molecule has 1 aromatic heterocycles. The number of halogens is 2. The molecule has 0 aliphatic rings. The van der Waals surface area contributed by atoms with E-state index in [9.17, 15) is 14.4 Å². The van der Waals surface area contributed by atoms with E-state index in [0.29, 0.717) is 22.6 Å². The summed E-state index contributed by atoms with van der Waals surface area (Å²) in [5.41, 5.74) is -0.261. The van der Waals surface area contributed by atoms with E-state index in [0.717, 1.165) is 0 Å². The van der Waals surface area contributed by atoms with Gasteiger partial charge in [-0.05, 0) is 24.6 Å². The summed E-state index contributed by atoms with van der Waals surface area (Å²) in [6.45, 7) is 1.61. The lowest BCUT2D eigenvalue weighted by Gasteiger charge is -2.07. The van der Waals surface area contributed by atoms with Crippen molar-refractivity contribution < 1.29 is 4.79 Å². The highest BCUT2D eigenvalue weighted by Crippen LogP contribution is 2.22. The molecule has 21 heavy (non-hydrogen) atoms. The molecule has 0 bridgehead atoms. The van der Waals surface area contributed by atoms with Crippen LogP contribution in [0.15, 0.2) is 34.0 Å². The molecule has 0 unspecified atom stereocenters. The van der Waals surface area contributed by atoms with Gasteiger partial charge in [0.15, 0.2) is 5.78 Å². The van der Waals surface area contributed by atoms with Gasteiger partial charge in [-0.25, -0.2) is 4.79 Å². The van der Waals surface area contributed by atoms with Crippen molar-refractivity contribution in [3.63, 3.8) is 0 Å². The predicted molar refractivity (Wildman–Crippen MR) is 81.5 cm³/mol. The van der Waals surface area contributed by atoms with Crippen molar-refractivity contribution in [2.24, 2.45) is 0 Å². The Hall–Kier alpha value is -1.85. The molecule has 0 radical (unpaired) electrons. The number of carbonyl (C=O) groups excluding carboxylic acids is 1. The lowest BCUT2D eigenvalue weighted by molar-refractivity contribution is 0.0970. The summed E-state index contributed by atoms with van der Waals surface area (Å²) in [7, 11) is 0. The van der Waals surface area contributed by atoms with Gasteiger partial charge < -0.3 is 0 Å². The molecular formula is C14H12Cl2N2O3. The van der Waals surface area contributed by atoms with Gasteiger partial charge in [0.05, 0.1) is 16.6 Å². The summed E-state index contributed by atoms with van der Waals surface area (Å²) in [5.74, 6) is -0.301. The summed E-state index contributed by atoms with van der Waals surface area (Å²) in [6.07, 6.45) is 1.87. The van der Waals surface area contributed by atoms with E-state index in [1.807, 2.05) is 0 Å². The molecule has 5 nitrogen and oxygen atoms in total. The second-order valence-corrected chi connectivity index (χ2v) is 5.26. The molecule has 0 aliphatic carbocycles. The first-order valence-electron chi connectivity index (χ1n) is 6.23. The van der Waals surface area contributed by atoms with Gasteiger partial charge in [-0.1, -0.05) is 30.1 Å². The van der Waals surface area contributed by atoms with Crippen LogP contribution in [0.2, 0.25) is 10.0 Å². The van der Waals surface area contributed by atoms with Crippen LogP contribution in [0.4, 0.5) is 0 Å². The monoisotopic (exact) mass is 326 g/mol. The van der Waals surface area contributed by atoms with Gasteiger partial charge in [0.1, 0.15) is 0 Å². The second-order valence-electron chi connectivity index (χ2n) is 4.45. The van der Waals surface area contributed by atoms with Gasteiger partial charge in [-0.15, -0.1) is 0 Å². The average Bonchev–Trinajstić information content (AvgIpc) is 2.44. The molecule has 0 saturated carbocycles. The molecule has 0 aliphatic heterocycles. The van der Waals surface area contributed by atoms with Crippen molar-refractivity contribution in [1.82, 2.24) is 9.55 Å². The van der Waals surface area contributed by atoms with Crippen molar-refractivity contribution >= 4 is 29.0 Å². The third-order valence-corrected chi connectivity index (χ3v) is 3.76. The van der Waals surface area contributed by atoms with Crippen LogP contribution in [-0.4, -0.2) is 15.3 Å². The number of hydrogen-bond acceptors (Lipinski definition) is 3. The van der Waals surface area contributed by atoms with E-state index in [-0.39, 0.29) is 17.4 Å². The molecular weight excluding hydrogens is 315 g/mol. The third kappa shape index (κ3) is 3.43. The zero-order valence-corrected chi connectivity index (χ0v) is 12.7. The van der Waals surface area contributed by atoms with Crippen LogP contribution >= 0.6 is 23.2 Å². The largest absolute Gasteiger partial charge is 0.328 e. The molecule has 0 fully saturated rings. The van der Waals surface area contributed by atoms with Crippen molar-refractivity contribution in [1.29, 1.82) is 0 Å². The number of aromatic amines is 1. The Morgan fingerprint density at radius 1 is 1.24 bits per heavy atom. The predicted octanol–water partition coefficient (Wildman–Crippen LogP) is 2.29. The summed E-state index contributed by atoms with van der Waals surface area (Å²) in [5, 5.41) is 0.619. The standard InChI is InChI=1S/C14H12Cl2N2O3/c1-2-8-6-18(14(21)17-13(8)20)7-12(19)9-3-4-10(15)11(16)5-9/h3-6H,2,7H2,1H3,(H,17,20,21). The molecule has 0 saturated heterocycles. The normalized spacial score (nSPS) is 10.6. The Labute approximate surface area is 130 Å². The molecule has 1 N–H and O–H groups in total. The maximum atomic E-state index is 12.2. The van der Waals surface area contributed by atoms with Crippen LogP contribution < -0.4 is 11.2 Å². The Bertz CT molecular complexity index is 809. The van der Waals surface area contributed by atoms with Crippen molar-refractivity contribution in [3.8, 4) is 0 Å². The number of benzene rings is 1. The number of aromatic nitrogens is 2. The van der Waals surface area contributed by atoms with Crippen LogP contribution in [0.3, 0.4) is 0 Å². The van der Waals surface area contributed by atoms with E-state index in [2.05, 4.69) is 4.98 Å². The van der Waals surface area contributed by atoms with Crippen LogP contribution in [0.1, 0.15) is 22.8 Å². The Morgan fingerprint density at radius 3 is 2.57 bits per heavy atom. The first kappa shape index (κ1) is 15.5. The van der Waals surface area contributed by atoms with E-state index < -0.39 is 11.2 Å². The van der Waals surface area contributed by atoms with E-state index in [1.54, 1.807) is 6.92 Å². The summed E-state index contributed by atoms with van der Waals surface area (Å²) >= 11 is 11.6. The van der Waals surface area contributed by atoms with Crippen molar-refractivity contribution in [2.75, 3.05) is 0 Å². The lowest BCUT2D eigenvalue weighted by atomic mass is 10.1. The number of ketones is 1. The van der Waals surface area contributed by atoms with Crippen molar-refractivity contribution in [2.45, 2.75) is 19.9 Å². The topological polar surface area (TPSA) is 71.9 Å². The highest BCUT2D eigenvalue weighted by molar-refractivity contribution is 6.42. The minimum atomic E-state index is -0.620. The van der Waals surface area contributed by atoms with E-state index >= 15 is 0 Å². The van der Waals surface area contributed by atoms with Gasteiger partial charge in [-0.2, -0.15) is 0 Å². The Kier molecular flexibility index (Phi) is 4.65. The number of rotatable bonds is 4. The van der Waals surface area contributed by atoms with Crippen molar-refractivity contribution in [3.05, 3.63) is 66.4 Å². The van der Waals surface area contributed by atoms with Crippen LogP contribution in [0.25, 0.3) is 0 Å². The van der Waals surface area contributed by atoms with Gasteiger partial charge in [-0.3, -0.25) is 19.1 Å². The van der Waals surface area contributed by atoms with Crippen LogP contribution in [-0.2, 0) is 13.0 Å². The first-order chi connectivity index (χ1) is 9.92. The molecule has 0 atom stereocenters.